The van der Waals surface area contributed by atoms with Crippen molar-refractivity contribution in [2.24, 2.45) is 0 Å². The Hall–Kier alpha value is -0.950. The van der Waals surface area contributed by atoms with E-state index in [2.05, 4.69) is 0 Å². The van der Waals surface area contributed by atoms with E-state index in [1.165, 1.54) is 12.1 Å². The van der Waals surface area contributed by atoms with Gasteiger partial charge in [-0.1, -0.05) is 17.7 Å². The number of aliphatic hydroxyl groups is 1. The van der Waals surface area contributed by atoms with Crippen LogP contribution < -0.4 is 0 Å². The average Bonchev–Trinajstić information content (AvgIpc) is 2.27. The Balaban J connectivity index is 2.83. The van der Waals surface area contributed by atoms with Crippen LogP contribution in [0, 0.1) is 6.92 Å². The van der Waals surface area contributed by atoms with Gasteiger partial charge < -0.3 is 10.0 Å². The lowest BCUT2D eigenvalue weighted by Crippen LogP contribution is -2.33. The largest absolute Gasteiger partial charge is 0.394 e. The van der Waals surface area contributed by atoms with E-state index < -0.39 is 16.2 Å². The van der Waals surface area contributed by atoms with Gasteiger partial charge in [0, 0.05) is 6.54 Å². The molecule has 0 saturated carbocycles. The molecule has 0 spiro atoms. The molecule has 0 heterocycles. The molecular formula is C12H19NO4S. The first-order valence-corrected chi connectivity index (χ1v) is 7.01. The van der Waals surface area contributed by atoms with E-state index >= 15 is 0 Å². The Bertz CT molecular complexity index is 467. The Morgan fingerprint density at radius 1 is 1.28 bits per heavy atom. The van der Waals surface area contributed by atoms with Crippen LogP contribution in [0.4, 0.5) is 0 Å². The lowest BCUT2D eigenvalue weighted by molar-refractivity contribution is 0.0970. The van der Waals surface area contributed by atoms with Gasteiger partial charge in [-0.3, -0.25) is 4.18 Å². The van der Waals surface area contributed by atoms with Gasteiger partial charge in [0.2, 0.25) is 0 Å². The van der Waals surface area contributed by atoms with Crippen LogP contribution in [0.3, 0.4) is 0 Å². The van der Waals surface area contributed by atoms with Crippen molar-refractivity contribution in [3.8, 4) is 0 Å². The molecule has 0 fully saturated rings. The van der Waals surface area contributed by atoms with Crippen LogP contribution in [0.25, 0.3) is 0 Å². The van der Waals surface area contributed by atoms with Crippen LogP contribution in [-0.2, 0) is 14.3 Å². The summed E-state index contributed by atoms with van der Waals surface area (Å²) in [5.74, 6) is 0. The molecule has 0 radical (unpaired) electrons. The van der Waals surface area contributed by atoms with Gasteiger partial charge in [-0.25, -0.2) is 0 Å². The summed E-state index contributed by atoms with van der Waals surface area (Å²) in [6, 6.07) is 6.40. The molecular weight excluding hydrogens is 254 g/mol. The summed E-state index contributed by atoms with van der Waals surface area (Å²) in [5, 5.41) is 9.11. The van der Waals surface area contributed by atoms with Crippen molar-refractivity contribution in [2.45, 2.75) is 17.9 Å². The van der Waals surface area contributed by atoms with Gasteiger partial charge in [-0.05, 0) is 33.2 Å². The zero-order valence-corrected chi connectivity index (χ0v) is 11.6. The van der Waals surface area contributed by atoms with Gasteiger partial charge in [0.1, 0.15) is 6.10 Å². The third-order valence-corrected chi connectivity index (χ3v) is 3.72. The van der Waals surface area contributed by atoms with Gasteiger partial charge in [0.25, 0.3) is 10.1 Å². The van der Waals surface area contributed by atoms with Crippen LogP contribution in [-0.4, -0.2) is 51.8 Å². The molecule has 0 unspecified atom stereocenters. The van der Waals surface area contributed by atoms with Gasteiger partial charge in [-0.15, -0.1) is 0 Å². The molecule has 0 saturated heterocycles. The molecule has 0 amide bonds. The van der Waals surface area contributed by atoms with Crippen LogP contribution in [0.1, 0.15) is 5.56 Å². The zero-order valence-electron chi connectivity index (χ0n) is 10.8. The first kappa shape index (κ1) is 15.1. The number of hydrogen-bond acceptors (Lipinski definition) is 5. The molecule has 1 N–H and O–H groups in total. The van der Waals surface area contributed by atoms with Crippen molar-refractivity contribution < 1.29 is 17.7 Å². The summed E-state index contributed by atoms with van der Waals surface area (Å²) in [5.41, 5.74) is 0.973. The minimum Gasteiger partial charge on any atom is -0.394 e. The predicted octanol–water partition coefficient (Wildman–Crippen LogP) is 0.623. The molecule has 0 aromatic heterocycles. The smallest absolute Gasteiger partial charge is 0.297 e. The second-order valence-electron chi connectivity index (χ2n) is 4.43. The number of benzene rings is 1. The molecule has 0 aliphatic carbocycles. The van der Waals surface area contributed by atoms with E-state index in [-0.39, 0.29) is 11.5 Å². The third kappa shape index (κ3) is 4.38. The minimum absolute atomic E-state index is 0.102. The zero-order chi connectivity index (χ0) is 13.8. The topological polar surface area (TPSA) is 66.8 Å². The highest BCUT2D eigenvalue weighted by Gasteiger charge is 2.21. The standard InChI is InChI=1S/C12H19NO4S/c1-10-4-6-12(7-5-10)18(15,16)17-11(9-14)8-13(2)3/h4-7,11,14H,8-9H2,1-3H3/t11-/m0/s1. The molecule has 5 nitrogen and oxygen atoms in total. The Morgan fingerprint density at radius 2 is 1.83 bits per heavy atom. The van der Waals surface area contributed by atoms with E-state index in [1.807, 2.05) is 6.92 Å². The fraction of sp³-hybridized carbons (Fsp3) is 0.500. The Kier molecular flexibility index (Phi) is 5.28. The Morgan fingerprint density at radius 3 is 2.28 bits per heavy atom. The fourth-order valence-electron chi connectivity index (χ4n) is 1.47. The molecule has 0 aliphatic heterocycles. The van der Waals surface area contributed by atoms with Crippen molar-refractivity contribution in [2.75, 3.05) is 27.2 Å². The number of aryl methyl sites for hydroxylation is 1. The summed E-state index contributed by atoms with van der Waals surface area (Å²) in [7, 11) is -0.256. The van der Waals surface area contributed by atoms with Gasteiger partial charge >= 0.3 is 0 Å². The number of rotatable bonds is 6. The summed E-state index contributed by atoms with van der Waals surface area (Å²) in [4.78, 5) is 1.86. The molecule has 1 aromatic carbocycles. The van der Waals surface area contributed by atoms with Crippen molar-refractivity contribution in [3.05, 3.63) is 29.8 Å². The summed E-state index contributed by atoms with van der Waals surface area (Å²) in [6.07, 6.45) is -0.758. The third-order valence-electron chi connectivity index (χ3n) is 2.34. The summed E-state index contributed by atoms with van der Waals surface area (Å²) >= 11 is 0. The van der Waals surface area contributed by atoms with E-state index in [0.29, 0.717) is 6.54 Å². The minimum atomic E-state index is -3.82. The fourth-order valence-corrected chi connectivity index (χ4v) is 2.53. The molecule has 1 rings (SSSR count). The van der Waals surface area contributed by atoms with E-state index in [1.54, 1.807) is 31.1 Å². The van der Waals surface area contributed by atoms with Crippen molar-refractivity contribution in [3.63, 3.8) is 0 Å². The quantitative estimate of drug-likeness (QED) is 0.770. The van der Waals surface area contributed by atoms with Crippen molar-refractivity contribution >= 4 is 10.1 Å². The normalized spacial score (nSPS) is 13.8. The Labute approximate surface area is 108 Å². The molecule has 0 aliphatic rings. The molecule has 1 atom stereocenters. The number of nitrogens with zero attached hydrogens (tertiary/aromatic N) is 1. The van der Waals surface area contributed by atoms with Crippen LogP contribution in [0.2, 0.25) is 0 Å². The second-order valence-corrected chi connectivity index (χ2v) is 6.00. The first-order valence-electron chi connectivity index (χ1n) is 5.60. The van der Waals surface area contributed by atoms with E-state index in [4.69, 9.17) is 9.29 Å². The summed E-state index contributed by atoms with van der Waals surface area (Å²) < 4.78 is 28.9. The van der Waals surface area contributed by atoms with Crippen molar-refractivity contribution in [1.82, 2.24) is 4.90 Å². The highest BCUT2D eigenvalue weighted by molar-refractivity contribution is 7.86. The van der Waals surface area contributed by atoms with E-state index in [9.17, 15) is 8.42 Å². The molecule has 6 heteroatoms. The van der Waals surface area contributed by atoms with Crippen LogP contribution in [0.5, 0.6) is 0 Å². The van der Waals surface area contributed by atoms with Gasteiger partial charge in [0.05, 0.1) is 11.5 Å². The monoisotopic (exact) mass is 273 g/mol. The first-order chi connectivity index (χ1) is 8.35. The lowest BCUT2D eigenvalue weighted by atomic mass is 10.2. The molecule has 1 aromatic rings. The summed E-state index contributed by atoms with van der Waals surface area (Å²) in [6.45, 7) is 1.87. The van der Waals surface area contributed by atoms with E-state index in [0.717, 1.165) is 5.56 Å². The SMILES string of the molecule is Cc1ccc(S(=O)(=O)O[C@H](CO)CN(C)C)cc1. The molecule has 0 bridgehead atoms. The van der Waals surface area contributed by atoms with Crippen LogP contribution in [0.15, 0.2) is 29.2 Å². The van der Waals surface area contributed by atoms with Gasteiger partial charge in [0.15, 0.2) is 0 Å². The van der Waals surface area contributed by atoms with Gasteiger partial charge in [-0.2, -0.15) is 8.42 Å². The highest BCUT2D eigenvalue weighted by Crippen LogP contribution is 2.15. The number of likely N-dealkylation sites (N-methyl/N-ethyl adjacent to an activating group) is 1. The maximum absolute atomic E-state index is 11.9. The van der Waals surface area contributed by atoms with Crippen LogP contribution >= 0.6 is 0 Å². The second kappa shape index (κ2) is 6.29. The lowest BCUT2D eigenvalue weighted by Gasteiger charge is -2.19. The average molecular weight is 273 g/mol. The van der Waals surface area contributed by atoms with Crippen molar-refractivity contribution in [1.29, 1.82) is 0 Å². The molecule has 102 valence electrons. The predicted molar refractivity (Wildman–Crippen MR) is 68.9 cm³/mol. The number of hydrogen-bond donors (Lipinski definition) is 1. The molecule has 18 heavy (non-hydrogen) atoms. The maximum Gasteiger partial charge on any atom is 0.297 e. The maximum atomic E-state index is 11.9. The number of aliphatic hydroxyl groups excluding tert-OH is 1. The highest BCUT2D eigenvalue weighted by atomic mass is 32.2.